The summed E-state index contributed by atoms with van der Waals surface area (Å²) in [4.78, 5) is 95.4. The van der Waals surface area contributed by atoms with E-state index >= 15 is 0 Å². The molecular formula is C53H89N5O22. The molecule has 9 N–H and O–H groups in total. The highest BCUT2D eigenvalue weighted by molar-refractivity contribution is 5.85. The van der Waals surface area contributed by atoms with Crippen molar-refractivity contribution in [3.63, 3.8) is 0 Å². The first-order valence-electron chi connectivity index (χ1n) is 27.7. The Morgan fingerprint density at radius 1 is 0.750 bits per heavy atom. The normalized spacial score (nSPS) is 28.7. The quantitative estimate of drug-likeness (QED) is 0.0252. The molecule has 18 atom stereocenters. The molecule has 15 unspecified atom stereocenters. The Balaban J connectivity index is 1.48. The molecule has 1 amide bonds. The summed E-state index contributed by atoms with van der Waals surface area (Å²) >= 11 is 0. The van der Waals surface area contributed by atoms with E-state index in [-0.39, 0.29) is 32.4 Å². The van der Waals surface area contributed by atoms with Crippen LogP contribution < -0.4 is 22.3 Å². The third kappa shape index (κ3) is 19.6. The van der Waals surface area contributed by atoms with Crippen molar-refractivity contribution < 1.29 is 96.9 Å². The summed E-state index contributed by atoms with van der Waals surface area (Å²) < 4.78 is 58.1. The summed E-state index contributed by atoms with van der Waals surface area (Å²) in [7, 11) is 6.96. The molecule has 0 spiro atoms. The highest BCUT2D eigenvalue weighted by atomic mass is 16.7. The third-order valence-electron chi connectivity index (χ3n) is 14.7. The van der Waals surface area contributed by atoms with Crippen molar-refractivity contribution in [2.24, 2.45) is 17.6 Å². The summed E-state index contributed by atoms with van der Waals surface area (Å²) in [5.41, 5.74) is 3.90. The summed E-state index contributed by atoms with van der Waals surface area (Å²) in [6, 6.07) is -0.946. The molecule has 0 aliphatic carbocycles. The molecule has 27 heteroatoms. The second kappa shape index (κ2) is 33.6. The van der Waals surface area contributed by atoms with Crippen LogP contribution in [0.3, 0.4) is 0 Å². The van der Waals surface area contributed by atoms with E-state index in [4.69, 9.17) is 53.1 Å². The lowest BCUT2D eigenvalue weighted by Crippen LogP contribution is -2.59. The molecular weight excluding hydrogens is 1060 g/mol. The Hall–Kier alpha value is -4.49. The number of aliphatic hydroxyl groups excluding tert-OH is 4. The Morgan fingerprint density at radius 3 is 1.91 bits per heavy atom. The van der Waals surface area contributed by atoms with Gasteiger partial charge in [0, 0.05) is 66.6 Å². The van der Waals surface area contributed by atoms with Gasteiger partial charge in [0.05, 0.1) is 25.0 Å². The maximum Gasteiger partial charge on any atom is 0.330 e. The number of hydrogen-bond acceptors (Lipinski definition) is 23. The highest BCUT2D eigenvalue weighted by Gasteiger charge is 2.52. The van der Waals surface area contributed by atoms with Crippen LogP contribution in [-0.4, -0.2) is 216 Å². The average molecular weight is 1150 g/mol. The zero-order valence-electron chi connectivity index (χ0n) is 47.6. The molecule has 0 saturated carbocycles. The predicted octanol–water partition coefficient (Wildman–Crippen LogP) is -0.0125. The molecule has 3 aliphatic heterocycles. The fraction of sp³-hybridized carbons (Fsp3) is 0.830. The Bertz CT molecular complexity index is 2200. The molecule has 1 aromatic rings. The number of carboxylic acids is 1. The number of aliphatic carboxylic acids is 1. The molecule has 3 aliphatic rings. The van der Waals surface area contributed by atoms with E-state index in [9.17, 15) is 59.1 Å². The molecule has 1 aromatic heterocycles. The standard InChI is InChI=1S/C53H89N5O22/c1-28(2)18-16-14-12-10-11-13-15-17-19-31(75-37(61)22-29(3)23-38(62)79-52-48(73-9)47(72-8)45(71-7)30(4)74-52)24-39(63)76-34(27-55-5)40(50(68)69)57(6)36(60)25-32(77-51-44(67)41(64)33(26-54)78-51)46-42(65)43(66)49(80-46)58-21-20-35(59)56-53(58)70/h20-21,28-34,40-49,51-52,55,64-67H,10-19,22-27,54H2,1-9H3,(H,68,69)(H,56,59,70)/t29?,30?,31?,32-,33?,34-,40-,41?,42?,43?,44?,45?,46?,47?,48?,49?,51?,52?/m0/s1. The number of aromatic amines is 1. The van der Waals surface area contributed by atoms with Crippen molar-refractivity contribution in [2.75, 3.05) is 48.5 Å². The van der Waals surface area contributed by atoms with E-state index in [0.717, 1.165) is 67.3 Å². The molecule has 27 nitrogen and oxygen atoms in total. The molecule has 0 bridgehead atoms. The SMILES string of the molecule is CNC[C@H](OC(=O)CC(CCCCCCCCCCC(C)C)OC(=O)CC(C)CC(=O)OC1OC(C)C(OC)C(OC)C1OC)[C@@H](C(=O)O)N(C)C(=O)C[C@H](OC1OC(CN)C(O)C1O)C1OC(n2ccc(=O)[nH]c2=O)C(O)C1O. The number of carbonyl (C=O) groups excluding carboxylic acids is 4. The molecule has 4 rings (SSSR count). The number of unbranched alkanes of at least 4 members (excludes halogenated alkanes) is 7. The smallest absolute Gasteiger partial charge is 0.330 e. The van der Waals surface area contributed by atoms with Crippen LogP contribution in [0.1, 0.15) is 124 Å². The summed E-state index contributed by atoms with van der Waals surface area (Å²) in [6.45, 7) is 7.23. The number of amides is 1. The van der Waals surface area contributed by atoms with E-state index in [0.29, 0.717) is 12.3 Å². The number of rotatable bonds is 35. The first-order chi connectivity index (χ1) is 38.0. The van der Waals surface area contributed by atoms with Crippen LogP contribution in [0.2, 0.25) is 0 Å². The number of nitrogens with one attached hydrogen (secondary N) is 2. The van der Waals surface area contributed by atoms with Gasteiger partial charge < -0.3 is 88.9 Å². The maximum absolute atomic E-state index is 14.3. The predicted molar refractivity (Wildman–Crippen MR) is 281 cm³/mol. The number of nitrogens with zero attached hydrogens (tertiary/aromatic N) is 2. The van der Waals surface area contributed by atoms with Gasteiger partial charge in [-0.2, -0.15) is 0 Å². The number of aromatic nitrogens is 2. The van der Waals surface area contributed by atoms with Crippen molar-refractivity contribution in [1.82, 2.24) is 19.8 Å². The highest BCUT2D eigenvalue weighted by Crippen LogP contribution is 2.35. The molecule has 0 aromatic carbocycles. The van der Waals surface area contributed by atoms with Gasteiger partial charge in [0.1, 0.15) is 67.1 Å². The monoisotopic (exact) mass is 1150 g/mol. The van der Waals surface area contributed by atoms with Crippen molar-refractivity contribution in [1.29, 1.82) is 0 Å². The number of nitrogens with two attached hydrogens (primary N) is 1. The van der Waals surface area contributed by atoms with Gasteiger partial charge in [0.2, 0.25) is 12.2 Å². The van der Waals surface area contributed by atoms with Gasteiger partial charge in [0.25, 0.3) is 5.56 Å². The number of aliphatic hydroxyl groups is 4. The average Bonchev–Trinajstić information content (AvgIpc) is 3.83. The first-order valence-corrected chi connectivity index (χ1v) is 27.7. The first kappa shape index (κ1) is 68.0. The van der Waals surface area contributed by atoms with Crippen molar-refractivity contribution in [3.05, 3.63) is 33.1 Å². The van der Waals surface area contributed by atoms with Gasteiger partial charge in [0.15, 0.2) is 18.6 Å². The molecule has 4 heterocycles. The van der Waals surface area contributed by atoms with E-state index < -0.39 is 164 Å². The molecule has 0 radical (unpaired) electrons. The Labute approximate surface area is 466 Å². The molecule has 3 saturated heterocycles. The zero-order chi connectivity index (χ0) is 59.4. The topological polar surface area (TPSA) is 375 Å². The maximum atomic E-state index is 14.3. The number of esters is 3. The van der Waals surface area contributed by atoms with Crippen molar-refractivity contribution in [2.45, 2.75) is 222 Å². The van der Waals surface area contributed by atoms with Crippen LogP contribution in [0.15, 0.2) is 21.9 Å². The Kier molecular flexibility index (Phi) is 28.5. The van der Waals surface area contributed by atoms with Crippen LogP contribution in [0.4, 0.5) is 0 Å². The largest absolute Gasteiger partial charge is 0.480 e. The van der Waals surface area contributed by atoms with E-state index in [1.807, 2.05) is 4.98 Å². The van der Waals surface area contributed by atoms with E-state index in [2.05, 4.69) is 19.2 Å². The van der Waals surface area contributed by atoms with Gasteiger partial charge in [-0.1, -0.05) is 72.1 Å². The van der Waals surface area contributed by atoms with Crippen molar-refractivity contribution in [3.8, 4) is 0 Å². The summed E-state index contributed by atoms with van der Waals surface area (Å²) in [5.74, 6) is -4.92. The number of likely N-dealkylation sites (N-methyl/N-ethyl adjacent to an activating group) is 2. The number of H-pyrrole nitrogens is 1. The number of carbonyl (C=O) groups is 5. The van der Waals surface area contributed by atoms with Crippen molar-refractivity contribution >= 4 is 29.8 Å². The van der Waals surface area contributed by atoms with Crippen LogP contribution in [0.5, 0.6) is 0 Å². The number of hydrogen-bond donors (Lipinski definition) is 8. The van der Waals surface area contributed by atoms with Gasteiger partial charge >= 0.3 is 29.6 Å². The second-order valence-corrected chi connectivity index (χ2v) is 21.4. The lowest BCUT2D eigenvalue weighted by molar-refractivity contribution is -0.297. The molecule has 3 fully saturated rings. The zero-order valence-corrected chi connectivity index (χ0v) is 47.6. The summed E-state index contributed by atoms with van der Waals surface area (Å²) in [6.07, 6.45) is -12.8. The van der Waals surface area contributed by atoms with Gasteiger partial charge in [-0.3, -0.25) is 33.5 Å². The van der Waals surface area contributed by atoms with Crippen LogP contribution >= 0.6 is 0 Å². The molecule has 458 valence electrons. The van der Waals surface area contributed by atoms with Crippen LogP contribution in [0.25, 0.3) is 0 Å². The third-order valence-corrected chi connectivity index (χ3v) is 14.7. The van der Waals surface area contributed by atoms with Gasteiger partial charge in [-0.25, -0.2) is 9.59 Å². The van der Waals surface area contributed by atoms with E-state index in [1.54, 1.807) is 13.8 Å². The molecule has 80 heavy (non-hydrogen) atoms. The number of methoxy groups -OCH3 is 3. The van der Waals surface area contributed by atoms with Gasteiger partial charge in [-0.05, 0) is 38.6 Å². The van der Waals surface area contributed by atoms with Gasteiger partial charge in [-0.15, -0.1) is 0 Å². The number of ether oxygens (including phenoxy) is 10. The fourth-order valence-electron chi connectivity index (χ4n) is 10.3. The minimum absolute atomic E-state index is 0.209. The summed E-state index contributed by atoms with van der Waals surface area (Å²) in [5, 5.41) is 57.1. The minimum atomic E-state index is -1.92. The minimum Gasteiger partial charge on any atom is -0.480 e. The lowest BCUT2D eigenvalue weighted by atomic mass is 9.99. The fourth-order valence-corrected chi connectivity index (χ4v) is 10.3. The van der Waals surface area contributed by atoms with E-state index in [1.165, 1.54) is 41.2 Å². The lowest BCUT2D eigenvalue weighted by Gasteiger charge is -2.43. The second-order valence-electron chi connectivity index (χ2n) is 21.4. The number of carboxylic acid groups (broad SMARTS) is 1. The van der Waals surface area contributed by atoms with Crippen LogP contribution in [0, 0.1) is 11.8 Å². The Morgan fingerprint density at radius 2 is 1.35 bits per heavy atom. The van der Waals surface area contributed by atoms with Crippen LogP contribution in [-0.2, 0) is 71.3 Å².